The van der Waals surface area contributed by atoms with E-state index in [0.717, 1.165) is 13.1 Å². The topological polar surface area (TPSA) is 29.3 Å². The number of rotatable bonds is 3. The number of nitrogens with zero attached hydrogens (tertiary/aromatic N) is 1. The fourth-order valence-electron chi connectivity index (χ4n) is 3.17. The molecule has 0 radical (unpaired) electrons. The normalized spacial score (nSPS) is 16.8. The van der Waals surface area contributed by atoms with Crippen LogP contribution in [-0.2, 0) is 0 Å². The van der Waals surface area contributed by atoms with Gasteiger partial charge in [0.15, 0.2) is 0 Å². The molecule has 2 aromatic rings. The van der Waals surface area contributed by atoms with Crippen molar-refractivity contribution in [2.24, 2.45) is 5.73 Å². The van der Waals surface area contributed by atoms with E-state index < -0.39 is 0 Å². The van der Waals surface area contributed by atoms with Crippen molar-refractivity contribution in [1.82, 2.24) is 0 Å². The number of benzene rings is 2. The number of nitrogens with two attached hydrogens (primary N) is 1. The third-order valence-electron chi connectivity index (χ3n) is 4.38. The van der Waals surface area contributed by atoms with Crippen LogP contribution in [0.25, 0.3) is 0 Å². The first kappa shape index (κ1) is 14.2. The average Bonchev–Trinajstić information content (AvgIpc) is 2.56. The first-order valence-corrected chi connectivity index (χ1v) is 7.92. The van der Waals surface area contributed by atoms with Gasteiger partial charge in [-0.2, -0.15) is 0 Å². The Balaban J connectivity index is 1.97. The SMILES string of the molecule is Cc1ccc(C(N)c2ccccc2)c(N2CCCCC2)c1. The van der Waals surface area contributed by atoms with Crippen molar-refractivity contribution in [3.8, 4) is 0 Å². The third-order valence-corrected chi connectivity index (χ3v) is 4.38. The molecule has 1 saturated heterocycles. The molecule has 2 nitrogen and oxygen atoms in total. The molecular weight excluding hydrogens is 256 g/mol. The fraction of sp³-hybridized carbons (Fsp3) is 0.368. The molecule has 0 aliphatic carbocycles. The Morgan fingerprint density at radius 2 is 1.67 bits per heavy atom. The number of anilines is 1. The van der Waals surface area contributed by atoms with Gasteiger partial charge in [-0.3, -0.25) is 0 Å². The lowest BCUT2D eigenvalue weighted by molar-refractivity contribution is 0.575. The second-order valence-electron chi connectivity index (χ2n) is 6.00. The highest BCUT2D eigenvalue weighted by Gasteiger charge is 2.19. The Labute approximate surface area is 127 Å². The largest absolute Gasteiger partial charge is 0.371 e. The lowest BCUT2D eigenvalue weighted by atomic mass is 9.95. The van der Waals surface area contributed by atoms with Gasteiger partial charge in [0.1, 0.15) is 0 Å². The van der Waals surface area contributed by atoms with Crippen LogP contribution in [0, 0.1) is 6.92 Å². The average molecular weight is 280 g/mol. The minimum atomic E-state index is -0.0521. The lowest BCUT2D eigenvalue weighted by Crippen LogP contribution is -2.31. The van der Waals surface area contributed by atoms with E-state index in [9.17, 15) is 0 Å². The molecule has 0 amide bonds. The first-order valence-electron chi connectivity index (χ1n) is 7.92. The molecule has 0 aromatic heterocycles. The lowest BCUT2D eigenvalue weighted by Gasteiger charge is -2.32. The van der Waals surface area contributed by atoms with Crippen LogP contribution in [0.3, 0.4) is 0 Å². The summed E-state index contributed by atoms with van der Waals surface area (Å²) in [5.41, 5.74) is 11.6. The van der Waals surface area contributed by atoms with Gasteiger partial charge in [0, 0.05) is 18.8 Å². The highest BCUT2D eigenvalue weighted by molar-refractivity contribution is 5.58. The Morgan fingerprint density at radius 1 is 0.952 bits per heavy atom. The van der Waals surface area contributed by atoms with Crippen molar-refractivity contribution in [1.29, 1.82) is 0 Å². The molecule has 1 aliphatic rings. The van der Waals surface area contributed by atoms with Gasteiger partial charge in [-0.05, 0) is 48.9 Å². The zero-order valence-corrected chi connectivity index (χ0v) is 12.8. The maximum absolute atomic E-state index is 6.55. The van der Waals surface area contributed by atoms with E-state index in [1.54, 1.807) is 0 Å². The fourth-order valence-corrected chi connectivity index (χ4v) is 3.17. The molecule has 2 N–H and O–H groups in total. The van der Waals surface area contributed by atoms with Crippen molar-refractivity contribution >= 4 is 5.69 Å². The van der Waals surface area contributed by atoms with Crippen molar-refractivity contribution in [3.05, 3.63) is 65.2 Å². The zero-order valence-electron chi connectivity index (χ0n) is 12.8. The quantitative estimate of drug-likeness (QED) is 0.919. The van der Waals surface area contributed by atoms with Crippen LogP contribution < -0.4 is 10.6 Å². The summed E-state index contributed by atoms with van der Waals surface area (Å²) in [4.78, 5) is 2.51. The molecule has 0 bridgehead atoms. The summed E-state index contributed by atoms with van der Waals surface area (Å²) in [7, 11) is 0. The van der Waals surface area contributed by atoms with Crippen molar-refractivity contribution < 1.29 is 0 Å². The minimum Gasteiger partial charge on any atom is -0.371 e. The highest BCUT2D eigenvalue weighted by atomic mass is 15.1. The summed E-state index contributed by atoms with van der Waals surface area (Å²) < 4.78 is 0. The van der Waals surface area contributed by atoms with Gasteiger partial charge in [0.05, 0.1) is 6.04 Å². The second-order valence-corrected chi connectivity index (χ2v) is 6.00. The molecular formula is C19H24N2. The van der Waals surface area contributed by atoms with Crippen LogP contribution in [0.5, 0.6) is 0 Å². The van der Waals surface area contributed by atoms with E-state index in [-0.39, 0.29) is 6.04 Å². The van der Waals surface area contributed by atoms with Crippen molar-refractivity contribution in [2.75, 3.05) is 18.0 Å². The molecule has 3 rings (SSSR count). The van der Waals surface area contributed by atoms with Crippen LogP contribution in [0.4, 0.5) is 5.69 Å². The van der Waals surface area contributed by atoms with E-state index in [0.29, 0.717) is 0 Å². The predicted molar refractivity (Wildman–Crippen MR) is 89.7 cm³/mol. The summed E-state index contributed by atoms with van der Waals surface area (Å²) in [6.07, 6.45) is 3.92. The highest BCUT2D eigenvalue weighted by Crippen LogP contribution is 2.31. The number of aryl methyl sites for hydroxylation is 1. The van der Waals surface area contributed by atoms with Crippen LogP contribution >= 0.6 is 0 Å². The molecule has 1 atom stereocenters. The van der Waals surface area contributed by atoms with Gasteiger partial charge >= 0.3 is 0 Å². The molecule has 0 saturated carbocycles. The van der Waals surface area contributed by atoms with Gasteiger partial charge in [0.25, 0.3) is 0 Å². The van der Waals surface area contributed by atoms with Crippen LogP contribution in [-0.4, -0.2) is 13.1 Å². The van der Waals surface area contributed by atoms with Crippen molar-refractivity contribution in [3.63, 3.8) is 0 Å². The molecule has 1 heterocycles. The summed E-state index contributed by atoms with van der Waals surface area (Å²) in [5, 5.41) is 0. The van der Waals surface area contributed by atoms with Crippen LogP contribution in [0.2, 0.25) is 0 Å². The maximum Gasteiger partial charge on any atom is 0.0572 e. The molecule has 2 aromatic carbocycles. The van der Waals surface area contributed by atoms with Crippen LogP contribution in [0.15, 0.2) is 48.5 Å². The Kier molecular flexibility index (Phi) is 4.26. The minimum absolute atomic E-state index is 0.0521. The van der Waals surface area contributed by atoms with Gasteiger partial charge in [-0.15, -0.1) is 0 Å². The number of hydrogen-bond donors (Lipinski definition) is 1. The molecule has 2 heteroatoms. The Bertz CT molecular complexity index is 586. The molecule has 21 heavy (non-hydrogen) atoms. The molecule has 1 unspecified atom stereocenters. The smallest absolute Gasteiger partial charge is 0.0572 e. The predicted octanol–water partition coefficient (Wildman–Crippen LogP) is 4.03. The summed E-state index contributed by atoms with van der Waals surface area (Å²) in [6.45, 7) is 4.46. The molecule has 0 spiro atoms. The van der Waals surface area contributed by atoms with E-state index in [1.165, 1.54) is 41.6 Å². The first-order chi connectivity index (χ1) is 10.3. The molecule has 110 valence electrons. The van der Waals surface area contributed by atoms with E-state index in [2.05, 4.69) is 54.3 Å². The number of hydrogen-bond acceptors (Lipinski definition) is 2. The van der Waals surface area contributed by atoms with Crippen LogP contribution in [0.1, 0.15) is 42.0 Å². The van der Waals surface area contributed by atoms with E-state index in [1.807, 2.05) is 6.07 Å². The summed E-state index contributed by atoms with van der Waals surface area (Å²) in [6, 6.07) is 17.0. The van der Waals surface area contributed by atoms with Gasteiger partial charge < -0.3 is 10.6 Å². The monoisotopic (exact) mass is 280 g/mol. The zero-order chi connectivity index (χ0) is 14.7. The van der Waals surface area contributed by atoms with Gasteiger partial charge in [-0.25, -0.2) is 0 Å². The molecule has 1 fully saturated rings. The van der Waals surface area contributed by atoms with Crippen molar-refractivity contribution in [2.45, 2.75) is 32.2 Å². The van der Waals surface area contributed by atoms with Gasteiger partial charge in [0.2, 0.25) is 0 Å². The number of piperidine rings is 1. The second kappa shape index (κ2) is 6.31. The Morgan fingerprint density at radius 3 is 2.38 bits per heavy atom. The van der Waals surface area contributed by atoms with E-state index >= 15 is 0 Å². The maximum atomic E-state index is 6.55. The van der Waals surface area contributed by atoms with Gasteiger partial charge in [-0.1, -0.05) is 42.5 Å². The standard InChI is InChI=1S/C19H24N2/c1-15-10-11-17(19(20)16-8-4-2-5-9-16)18(14-15)21-12-6-3-7-13-21/h2,4-5,8-11,14,19H,3,6-7,12-13,20H2,1H3. The van der Waals surface area contributed by atoms with E-state index in [4.69, 9.17) is 5.73 Å². The molecule has 1 aliphatic heterocycles. The summed E-state index contributed by atoms with van der Waals surface area (Å²) in [5.74, 6) is 0. The third kappa shape index (κ3) is 3.11. The Hall–Kier alpha value is -1.80. The summed E-state index contributed by atoms with van der Waals surface area (Å²) >= 11 is 0.